The van der Waals surface area contributed by atoms with Gasteiger partial charge in [0.2, 0.25) is 5.91 Å². The van der Waals surface area contributed by atoms with Crippen LogP contribution >= 0.6 is 0 Å². The van der Waals surface area contributed by atoms with E-state index in [9.17, 15) is 18.0 Å². The molecule has 0 bridgehead atoms. The summed E-state index contributed by atoms with van der Waals surface area (Å²) in [6.45, 7) is 1.99. The van der Waals surface area contributed by atoms with E-state index in [4.69, 9.17) is 4.42 Å². The third-order valence-electron chi connectivity index (χ3n) is 5.44. The number of hydrogen-bond acceptors (Lipinski definition) is 3. The summed E-state index contributed by atoms with van der Waals surface area (Å²) >= 11 is 0. The molecule has 0 unspecified atom stereocenters. The zero-order chi connectivity index (χ0) is 19.7. The fraction of sp³-hybridized carbons (Fsp3) is 0.476. The molecule has 1 saturated carbocycles. The summed E-state index contributed by atoms with van der Waals surface area (Å²) in [5.74, 6) is 0.842. The molecule has 0 spiro atoms. The number of halogens is 3. The van der Waals surface area contributed by atoms with Gasteiger partial charge in [0.15, 0.2) is 0 Å². The van der Waals surface area contributed by atoms with Crippen molar-refractivity contribution in [1.82, 2.24) is 10.2 Å². The lowest BCUT2D eigenvalue weighted by Gasteiger charge is -2.29. The van der Waals surface area contributed by atoms with Gasteiger partial charge in [0.25, 0.3) is 0 Å². The minimum absolute atomic E-state index is 0.0160. The summed E-state index contributed by atoms with van der Waals surface area (Å²) in [6.07, 6.45) is -0.855. The number of amides is 1. The quantitative estimate of drug-likeness (QED) is 0.817. The van der Waals surface area contributed by atoms with Gasteiger partial charge < -0.3 is 14.6 Å². The first-order valence-corrected chi connectivity index (χ1v) is 9.70. The zero-order valence-electron chi connectivity index (χ0n) is 15.5. The van der Waals surface area contributed by atoms with Crippen LogP contribution in [0.25, 0.3) is 11.3 Å². The minimum Gasteiger partial charge on any atom is -0.459 e. The third kappa shape index (κ3) is 4.09. The van der Waals surface area contributed by atoms with Crippen molar-refractivity contribution in [2.75, 3.05) is 13.1 Å². The van der Waals surface area contributed by atoms with E-state index < -0.39 is 11.7 Å². The molecule has 4 rings (SSSR count). The molecule has 150 valence electrons. The van der Waals surface area contributed by atoms with Gasteiger partial charge in [-0.15, -0.1) is 0 Å². The van der Waals surface area contributed by atoms with E-state index in [1.165, 1.54) is 12.1 Å². The van der Waals surface area contributed by atoms with Gasteiger partial charge in [-0.2, -0.15) is 13.2 Å². The Hall–Kier alpha value is -2.28. The lowest BCUT2D eigenvalue weighted by atomic mass is 9.96. The van der Waals surface area contributed by atoms with Crippen LogP contribution in [0.15, 0.2) is 40.8 Å². The molecular weight excluding hydrogens is 369 g/mol. The Balaban J connectivity index is 1.53. The van der Waals surface area contributed by atoms with Crippen LogP contribution < -0.4 is 5.32 Å². The van der Waals surface area contributed by atoms with Gasteiger partial charge >= 0.3 is 6.18 Å². The minimum atomic E-state index is -4.45. The Kier molecular flexibility index (Phi) is 5.19. The van der Waals surface area contributed by atoms with E-state index in [0.717, 1.165) is 44.8 Å². The van der Waals surface area contributed by atoms with E-state index in [0.29, 0.717) is 12.3 Å². The van der Waals surface area contributed by atoms with Gasteiger partial charge in [-0.05, 0) is 57.0 Å². The van der Waals surface area contributed by atoms with E-state index in [2.05, 4.69) is 5.32 Å². The van der Waals surface area contributed by atoms with Crippen molar-refractivity contribution in [3.05, 3.63) is 47.7 Å². The molecule has 1 aromatic carbocycles. The maximum atomic E-state index is 13.3. The van der Waals surface area contributed by atoms with Crippen molar-refractivity contribution in [2.45, 2.75) is 44.4 Å². The number of carbonyl (C=O) groups is 1. The highest BCUT2D eigenvalue weighted by atomic mass is 19.4. The zero-order valence-corrected chi connectivity index (χ0v) is 15.5. The molecule has 0 radical (unpaired) electrons. The first kappa shape index (κ1) is 19.1. The van der Waals surface area contributed by atoms with Crippen molar-refractivity contribution < 1.29 is 22.4 Å². The Morgan fingerprint density at radius 1 is 1.07 bits per heavy atom. The number of carbonyl (C=O) groups excluding carboxylic acids is 1. The van der Waals surface area contributed by atoms with Gasteiger partial charge in [0, 0.05) is 17.5 Å². The predicted octanol–water partition coefficient (Wildman–Crippen LogP) is 4.46. The van der Waals surface area contributed by atoms with Crippen LogP contribution in [0.5, 0.6) is 0 Å². The molecule has 1 aromatic heterocycles. The fourth-order valence-electron chi connectivity index (χ4n) is 3.80. The highest BCUT2D eigenvalue weighted by molar-refractivity contribution is 5.79. The van der Waals surface area contributed by atoms with E-state index in [1.54, 1.807) is 18.2 Å². The molecule has 1 aliphatic heterocycles. The molecule has 28 heavy (non-hydrogen) atoms. The van der Waals surface area contributed by atoms with Crippen LogP contribution in [0, 0.1) is 5.92 Å². The van der Waals surface area contributed by atoms with Crippen LogP contribution in [0.2, 0.25) is 0 Å². The molecule has 2 aliphatic rings. The molecule has 0 atom stereocenters. The number of furan rings is 1. The van der Waals surface area contributed by atoms with Gasteiger partial charge in [-0.1, -0.05) is 18.2 Å². The molecule has 2 fully saturated rings. The van der Waals surface area contributed by atoms with Gasteiger partial charge in [0.05, 0.1) is 12.1 Å². The largest absolute Gasteiger partial charge is 0.459 e. The van der Waals surface area contributed by atoms with Crippen LogP contribution in [0.1, 0.15) is 37.0 Å². The van der Waals surface area contributed by atoms with Crippen molar-refractivity contribution in [3.63, 3.8) is 0 Å². The Morgan fingerprint density at radius 3 is 2.46 bits per heavy atom. The standard InChI is InChI=1S/C21H23F3N2O2/c22-21(23,24)18-4-2-1-3-17(18)19-8-7-16(28-19)13-26(15-5-6-15)20(27)14-9-11-25-12-10-14/h1-4,7-8,14-15,25H,5-6,9-13H2. The molecule has 2 aromatic rings. The summed E-state index contributed by atoms with van der Waals surface area (Å²) in [5.41, 5.74) is -0.704. The molecule has 4 nitrogen and oxygen atoms in total. The monoisotopic (exact) mass is 392 g/mol. The molecule has 7 heteroatoms. The van der Waals surface area contributed by atoms with Crippen LogP contribution in [0.3, 0.4) is 0 Å². The predicted molar refractivity (Wildman–Crippen MR) is 98.3 cm³/mol. The van der Waals surface area contributed by atoms with Gasteiger partial charge in [-0.25, -0.2) is 0 Å². The number of rotatable bonds is 5. The molecule has 1 N–H and O–H groups in total. The SMILES string of the molecule is O=C(C1CCNCC1)N(Cc1ccc(-c2ccccc2C(F)(F)F)o1)C1CC1. The van der Waals surface area contributed by atoms with Crippen molar-refractivity contribution in [1.29, 1.82) is 0 Å². The number of piperidine rings is 1. The smallest absolute Gasteiger partial charge is 0.417 e. The molecule has 2 heterocycles. The second-order valence-corrected chi connectivity index (χ2v) is 7.53. The maximum absolute atomic E-state index is 13.3. The molecule has 1 saturated heterocycles. The Bertz CT molecular complexity index is 836. The normalized spacial score (nSPS) is 18.2. The topological polar surface area (TPSA) is 45.5 Å². The lowest BCUT2D eigenvalue weighted by molar-refractivity contribution is -0.138. The van der Waals surface area contributed by atoms with E-state index in [-0.39, 0.29) is 29.2 Å². The van der Waals surface area contributed by atoms with Crippen LogP contribution in [0.4, 0.5) is 13.2 Å². The van der Waals surface area contributed by atoms with Crippen molar-refractivity contribution in [3.8, 4) is 11.3 Å². The number of benzene rings is 1. The average Bonchev–Trinajstić information content (AvgIpc) is 3.43. The Labute approximate surface area is 161 Å². The number of alkyl halides is 3. The van der Waals surface area contributed by atoms with Crippen molar-refractivity contribution >= 4 is 5.91 Å². The summed E-state index contributed by atoms with van der Waals surface area (Å²) in [6, 6.07) is 8.83. The summed E-state index contributed by atoms with van der Waals surface area (Å²) in [4.78, 5) is 14.8. The first-order valence-electron chi connectivity index (χ1n) is 9.70. The lowest BCUT2D eigenvalue weighted by Crippen LogP contribution is -2.41. The third-order valence-corrected chi connectivity index (χ3v) is 5.44. The van der Waals surface area contributed by atoms with E-state index in [1.807, 2.05) is 4.90 Å². The summed E-state index contributed by atoms with van der Waals surface area (Å²) in [7, 11) is 0. The first-order chi connectivity index (χ1) is 13.4. The summed E-state index contributed by atoms with van der Waals surface area (Å²) < 4.78 is 45.6. The second-order valence-electron chi connectivity index (χ2n) is 7.53. The van der Waals surface area contributed by atoms with E-state index >= 15 is 0 Å². The highest BCUT2D eigenvalue weighted by Crippen LogP contribution is 2.38. The molecular formula is C21H23F3N2O2. The number of nitrogens with zero attached hydrogens (tertiary/aromatic N) is 1. The number of hydrogen-bond donors (Lipinski definition) is 1. The van der Waals surface area contributed by atoms with Gasteiger partial charge in [0.1, 0.15) is 11.5 Å². The van der Waals surface area contributed by atoms with Crippen molar-refractivity contribution in [2.24, 2.45) is 5.92 Å². The summed E-state index contributed by atoms with van der Waals surface area (Å²) in [5, 5.41) is 3.26. The highest BCUT2D eigenvalue weighted by Gasteiger charge is 2.37. The molecule has 1 aliphatic carbocycles. The Morgan fingerprint density at radius 2 is 1.79 bits per heavy atom. The number of nitrogens with one attached hydrogen (secondary N) is 1. The molecule has 1 amide bonds. The van der Waals surface area contributed by atoms with Gasteiger partial charge in [-0.3, -0.25) is 4.79 Å². The average molecular weight is 392 g/mol. The fourth-order valence-corrected chi connectivity index (χ4v) is 3.80. The maximum Gasteiger partial charge on any atom is 0.417 e. The van der Waals surface area contributed by atoms with Crippen LogP contribution in [-0.4, -0.2) is 29.9 Å². The van der Waals surface area contributed by atoms with Crippen LogP contribution in [-0.2, 0) is 17.5 Å². The second kappa shape index (κ2) is 7.62.